The number of anilines is 2. The van der Waals surface area contributed by atoms with Crippen molar-refractivity contribution in [2.75, 3.05) is 37.9 Å². The fourth-order valence-corrected chi connectivity index (χ4v) is 2.95. The Balaban J connectivity index is 2.02. The number of aromatic nitrogens is 1. The molecule has 2 heterocycles. The Bertz CT molecular complexity index is 508. The summed E-state index contributed by atoms with van der Waals surface area (Å²) in [6.45, 7) is 5.78. The molecular formula is C13H22N4O3S. The van der Waals surface area contributed by atoms with Gasteiger partial charge in [0.15, 0.2) is 5.13 Å². The summed E-state index contributed by atoms with van der Waals surface area (Å²) >= 11 is 1.25. The molecule has 7 nitrogen and oxygen atoms in total. The molecule has 0 spiro atoms. The maximum Gasteiger partial charge on any atom is 0.265 e. The van der Waals surface area contributed by atoms with Gasteiger partial charge in [0, 0.05) is 20.3 Å². The second kappa shape index (κ2) is 6.59. The highest BCUT2D eigenvalue weighted by atomic mass is 32.1. The quantitative estimate of drug-likeness (QED) is 0.680. The molecule has 1 aliphatic heterocycles. The first kappa shape index (κ1) is 16.0. The molecule has 2 unspecified atom stereocenters. The molecule has 0 bridgehead atoms. The predicted molar refractivity (Wildman–Crippen MR) is 82.8 cm³/mol. The van der Waals surface area contributed by atoms with Gasteiger partial charge in [-0.05, 0) is 20.3 Å². The normalized spacial score (nSPS) is 25.0. The van der Waals surface area contributed by atoms with Crippen LogP contribution in [0, 0.1) is 0 Å². The largest absolute Gasteiger partial charge is 0.383 e. The van der Waals surface area contributed by atoms with E-state index in [0.717, 1.165) is 6.42 Å². The van der Waals surface area contributed by atoms with Crippen LogP contribution in [0.5, 0.6) is 0 Å². The van der Waals surface area contributed by atoms with E-state index in [1.54, 1.807) is 7.11 Å². The number of methoxy groups -OCH3 is 1. The van der Waals surface area contributed by atoms with E-state index in [2.05, 4.69) is 15.6 Å². The second-order valence-electron chi connectivity index (χ2n) is 5.29. The van der Waals surface area contributed by atoms with Crippen LogP contribution in [0.15, 0.2) is 0 Å². The Morgan fingerprint density at radius 3 is 3.05 bits per heavy atom. The van der Waals surface area contributed by atoms with E-state index in [0.29, 0.717) is 29.8 Å². The van der Waals surface area contributed by atoms with Crippen molar-refractivity contribution >= 4 is 28.2 Å². The Hall–Kier alpha value is -1.38. The van der Waals surface area contributed by atoms with E-state index < -0.39 is 0 Å². The van der Waals surface area contributed by atoms with Crippen LogP contribution in [0.4, 0.5) is 10.9 Å². The van der Waals surface area contributed by atoms with Gasteiger partial charge >= 0.3 is 0 Å². The summed E-state index contributed by atoms with van der Waals surface area (Å²) < 4.78 is 10.5. The average Bonchev–Trinajstić information content (AvgIpc) is 2.94. The molecule has 118 valence electrons. The zero-order valence-corrected chi connectivity index (χ0v) is 13.4. The minimum atomic E-state index is -0.364. The van der Waals surface area contributed by atoms with Crippen LogP contribution in [0.1, 0.15) is 29.9 Å². The van der Waals surface area contributed by atoms with Crippen molar-refractivity contribution in [1.82, 2.24) is 10.3 Å². The number of nitrogen functional groups attached to an aromatic ring is 1. The van der Waals surface area contributed by atoms with E-state index in [4.69, 9.17) is 15.2 Å². The SMILES string of the molecule is COCCNc1nc(N)c(C(=O)NC2(C)CCOC2C)s1. The fourth-order valence-electron chi connectivity index (χ4n) is 2.15. The predicted octanol–water partition coefficient (Wildman–Crippen LogP) is 1.08. The highest BCUT2D eigenvalue weighted by Crippen LogP contribution is 2.29. The van der Waals surface area contributed by atoms with Crippen LogP contribution in [-0.2, 0) is 9.47 Å². The molecule has 1 aliphatic rings. The molecule has 4 N–H and O–H groups in total. The smallest absolute Gasteiger partial charge is 0.265 e. The number of ether oxygens (including phenoxy) is 2. The van der Waals surface area contributed by atoms with Gasteiger partial charge in [-0.2, -0.15) is 0 Å². The number of thiazole rings is 1. The topological polar surface area (TPSA) is 98.5 Å². The fraction of sp³-hybridized carbons (Fsp3) is 0.692. The summed E-state index contributed by atoms with van der Waals surface area (Å²) in [6.07, 6.45) is 0.771. The minimum absolute atomic E-state index is 0.0186. The molecule has 1 amide bonds. The third kappa shape index (κ3) is 3.63. The van der Waals surface area contributed by atoms with Gasteiger partial charge in [0.1, 0.15) is 10.7 Å². The van der Waals surface area contributed by atoms with Gasteiger partial charge in [0.05, 0.1) is 18.2 Å². The van der Waals surface area contributed by atoms with E-state index in [9.17, 15) is 4.79 Å². The van der Waals surface area contributed by atoms with Crippen LogP contribution >= 0.6 is 11.3 Å². The van der Waals surface area contributed by atoms with E-state index in [-0.39, 0.29) is 23.4 Å². The Morgan fingerprint density at radius 1 is 1.67 bits per heavy atom. The Morgan fingerprint density at radius 2 is 2.43 bits per heavy atom. The van der Waals surface area contributed by atoms with E-state index >= 15 is 0 Å². The van der Waals surface area contributed by atoms with E-state index in [1.807, 2.05) is 13.8 Å². The molecule has 1 aromatic rings. The highest BCUT2D eigenvalue weighted by molar-refractivity contribution is 7.18. The lowest BCUT2D eigenvalue weighted by atomic mass is 9.94. The van der Waals surface area contributed by atoms with Crippen LogP contribution in [0.3, 0.4) is 0 Å². The highest BCUT2D eigenvalue weighted by Gasteiger charge is 2.39. The summed E-state index contributed by atoms with van der Waals surface area (Å²) in [7, 11) is 1.63. The van der Waals surface area contributed by atoms with Crippen molar-refractivity contribution in [3.05, 3.63) is 4.88 Å². The van der Waals surface area contributed by atoms with Gasteiger partial charge in [0.2, 0.25) is 0 Å². The lowest BCUT2D eigenvalue weighted by Gasteiger charge is -2.28. The van der Waals surface area contributed by atoms with Gasteiger partial charge < -0.3 is 25.8 Å². The minimum Gasteiger partial charge on any atom is -0.383 e. The first-order chi connectivity index (χ1) is 9.96. The number of rotatable bonds is 6. The van der Waals surface area contributed by atoms with Crippen molar-refractivity contribution in [1.29, 1.82) is 0 Å². The third-order valence-electron chi connectivity index (χ3n) is 3.73. The molecule has 2 rings (SSSR count). The Labute approximate surface area is 128 Å². The second-order valence-corrected chi connectivity index (χ2v) is 6.29. The summed E-state index contributed by atoms with van der Waals surface area (Å²) in [6, 6.07) is 0. The maximum absolute atomic E-state index is 12.4. The number of carbonyl (C=O) groups is 1. The van der Waals surface area contributed by atoms with Gasteiger partial charge in [0.25, 0.3) is 5.91 Å². The van der Waals surface area contributed by atoms with E-state index in [1.165, 1.54) is 11.3 Å². The lowest BCUT2D eigenvalue weighted by Crippen LogP contribution is -2.50. The first-order valence-corrected chi connectivity index (χ1v) is 7.71. The summed E-state index contributed by atoms with van der Waals surface area (Å²) in [4.78, 5) is 17.0. The van der Waals surface area contributed by atoms with Crippen LogP contribution in [0.2, 0.25) is 0 Å². The van der Waals surface area contributed by atoms with Crippen molar-refractivity contribution < 1.29 is 14.3 Å². The van der Waals surface area contributed by atoms with Gasteiger partial charge in [-0.3, -0.25) is 4.79 Å². The number of amides is 1. The van der Waals surface area contributed by atoms with Crippen LogP contribution in [-0.4, -0.2) is 49.4 Å². The van der Waals surface area contributed by atoms with Crippen molar-refractivity contribution in [3.63, 3.8) is 0 Å². The number of nitrogens with zero attached hydrogens (tertiary/aromatic N) is 1. The molecule has 0 aliphatic carbocycles. The lowest BCUT2D eigenvalue weighted by molar-refractivity contribution is 0.0730. The van der Waals surface area contributed by atoms with Gasteiger partial charge in [-0.1, -0.05) is 11.3 Å². The van der Waals surface area contributed by atoms with Crippen molar-refractivity contribution in [2.45, 2.75) is 31.9 Å². The average molecular weight is 314 g/mol. The zero-order chi connectivity index (χ0) is 15.5. The van der Waals surface area contributed by atoms with Crippen LogP contribution in [0.25, 0.3) is 0 Å². The number of nitrogens with two attached hydrogens (primary N) is 1. The molecule has 8 heteroatoms. The van der Waals surface area contributed by atoms with Crippen molar-refractivity contribution in [3.8, 4) is 0 Å². The van der Waals surface area contributed by atoms with Gasteiger partial charge in [-0.15, -0.1) is 0 Å². The summed E-state index contributed by atoms with van der Waals surface area (Å²) in [5.74, 6) is 0.0391. The van der Waals surface area contributed by atoms with Gasteiger partial charge in [-0.25, -0.2) is 4.98 Å². The van der Waals surface area contributed by atoms with Crippen molar-refractivity contribution in [2.24, 2.45) is 0 Å². The standard InChI is InChI=1S/C13H22N4O3S/c1-8-13(2,4-6-20-8)17-11(18)9-10(14)16-12(21-9)15-5-7-19-3/h8H,4-7,14H2,1-3H3,(H,15,16)(H,17,18). The monoisotopic (exact) mass is 314 g/mol. The first-order valence-electron chi connectivity index (χ1n) is 6.89. The summed E-state index contributed by atoms with van der Waals surface area (Å²) in [5.41, 5.74) is 5.47. The number of nitrogens with one attached hydrogen (secondary N) is 2. The molecule has 0 radical (unpaired) electrons. The molecule has 1 aromatic heterocycles. The molecule has 0 aromatic carbocycles. The molecule has 2 atom stereocenters. The number of hydrogen-bond donors (Lipinski definition) is 3. The number of carbonyl (C=O) groups excluding carboxylic acids is 1. The molecular weight excluding hydrogens is 292 g/mol. The van der Waals surface area contributed by atoms with Crippen LogP contribution < -0.4 is 16.4 Å². The summed E-state index contributed by atoms with van der Waals surface area (Å²) in [5, 5.41) is 6.71. The zero-order valence-electron chi connectivity index (χ0n) is 12.6. The maximum atomic E-state index is 12.4. The Kier molecular flexibility index (Phi) is 5.02. The molecule has 21 heavy (non-hydrogen) atoms. The molecule has 0 saturated carbocycles. The number of hydrogen-bond acceptors (Lipinski definition) is 7. The molecule has 1 fully saturated rings. The molecule has 1 saturated heterocycles. The third-order valence-corrected chi connectivity index (χ3v) is 4.76.